The molecule has 1 heterocycles. The minimum Gasteiger partial charge on any atom is -0.466 e. The second-order valence-electron chi connectivity index (χ2n) is 5.99. The number of ether oxygens (including phenoxy) is 1. The van der Waals surface area contributed by atoms with E-state index in [1.165, 1.54) is 43.5 Å². The molecule has 21 heavy (non-hydrogen) atoms. The van der Waals surface area contributed by atoms with Crippen molar-refractivity contribution in [3.8, 4) is 0 Å². The van der Waals surface area contributed by atoms with Crippen LogP contribution in [0.15, 0.2) is 5.38 Å². The molecular formula is C17H27NO2S. The Morgan fingerprint density at radius 1 is 1.33 bits per heavy atom. The van der Waals surface area contributed by atoms with E-state index in [0.717, 1.165) is 11.6 Å². The molecule has 0 aromatic carbocycles. The van der Waals surface area contributed by atoms with Gasteiger partial charge in [-0.3, -0.25) is 4.79 Å². The summed E-state index contributed by atoms with van der Waals surface area (Å²) in [5.74, 6) is 1.47. The third-order valence-electron chi connectivity index (χ3n) is 4.35. The number of thiazole rings is 1. The van der Waals surface area contributed by atoms with Gasteiger partial charge in [0, 0.05) is 17.7 Å². The quantitative estimate of drug-likeness (QED) is 0.685. The molecule has 0 radical (unpaired) electrons. The number of esters is 1. The Bertz CT molecular complexity index is 436. The third kappa shape index (κ3) is 5.10. The van der Waals surface area contributed by atoms with Crippen LogP contribution in [-0.2, 0) is 16.0 Å². The molecule has 1 fully saturated rings. The van der Waals surface area contributed by atoms with Gasteiger partial charge in [0.05, 0.1) is 23.7 Å². The van der Waals surface area contributed by atoms with Crippen molar-refractivity contribution in [1.29, 1.82) is 0 Å². The Morgan fingerprint density at radius 3 is 2.76 bits per heavy atom. The summed E-state index contributed by atoms with van der Waals surface area (Å²) in [4.78, 5) is 16.1. The molecule has 0 aliphatic heterocycles. The van der Waals surface area contributed by atoms with Crippen LogP contribution in [0.2, 0.25) is 0 Å². The van der Waals surface area contributed by atoms with Gasteiger partial charge >= 0.3 is 5.97 Å². The molecule has 1 aromatic heterocycles. The molecule has 118 valence electrons. The van der Waals surface area contributed by atoms with Crippen molar-refractivity contribution in [1.82, 2.24) is 4.98 Å². The van der Waals surface area contributed by atoms with Crippen LogP contribution in [-0.4, -0.2) is 17.6 Å². The summed E-state index contributed by atoms with van der Waals surface area (Å²) in [6, 6.07) is 0. The fourth-order valence-corrected chi connectivity index (χ4v) is 4.22. The van der Waals surface area contributed by atoms with Crippen LogP contribution >= 0.6 is 11.3 Å². The Hall–Kier alpha value is -0.900. The van der Waals surface area contributed by atoms with Crippen molar-refractivity contribution >= 4 is 17.3 Å². The Balaban J connectivity index is 1.79. The number of hydrogen-bond donors (Lipinski definition) is 0. The van der Waals surface area contributed by atoms with Crippen LogP contribution in [0.25, 0.3) is 0 Å². The molecule has 0 amide bonds. The summed E-state index contributed by atoms with van der Waals surface area (Å²) in [5.41, 5.74) is 1.05. The number of hydrogen-bond acceptors (Lipinski definition) is 4. The number of carbonyl (C=O) groups is 1. The highest BCUT2D eigenvalue weighted by molar-refractivity contribution is 7.09. The van der Waals surface area contributed by atoms with Crippen molar-refractivity contribution in [2.45, 2.75) is 71.1 Å². The van der Waals surface area contributed by atoms with E-state index < -0.39 is 0 Å². The molecule has 1 aliphatic rings. The molecule has 1 aliphatic carbocycles. The first-order valence-electron chi connectivity index (χ1n) is 8.32. The highest BCUT2D eigenvalue weighted by atomic mass is 32.1. The highest BCUT2D eigenvalue weighted by Crippen LogP contribution is 2.38. The molecule has 0 spiro atoms. The molecule has 2 rings (SSSR count). The molecule has 0 saturated heterocycles. The van der Waals surface area contributed by atoms with Gasteiger partial charge in [-0.1, -0.05) is 19.8 Å². The zero-order valence-electron chi connectivity index (χ0n) is 13.3. The van der Waals surface area contributed by atoms with Crippen molar-refractivity contribution < 1.29 is 9.53 Å². The van der Waals surface area contributed by atoms with Crippen LogP contribution in [0.4, 0.5) is 0 Å². The maximum absolute atomic E-state index is 11.4. The topological polar surface area (TPSA) is 39.2 Å². The van der Waals surface area contributed by atoms with Crippen molar-refractivity contribution in [2.75, 3.05) is 6.61 Å². The fourth-order valence-electron chi connectivity index (χ4n) is 3.19. The lowest BCUT2D eigenvalue weighted by molar-refractivity contribution is -0.143. The highest BCUT2D eigenvalue weighted by Gasteiger charge is 2.23. The van der Waals surface area contributed by atoms with Gasteiger partial charge in [-0.2, -0.15) is 0 Å². The van der Waals surface area contributed by atoms with Gasteiger partial charge in [0.1, 0.15) is 0 Å². The third-order valence-corrected chi connectivity index (χ3v) is 5.41. The van der Waals surface area contributed by atoms with Crippen molar-refractivity contribution in [3.63, 3.8) is 0 Å². The average Bonchev–Trinajstić information content (AvgIpc) is 2.95. The summed E-state index contributed by atoms with van der Waals surface area (Å²) in [6.45, 7) is 4.58. The number of nitrogens with zero attached hydrogens (tertiary/aromatic N) is 1. The number of aromatic nitrogens is 1. The summed E-state index contributed by atoms with van der Waals surface area (Å²) in [7, 11) is 0. The Kier molecular flexibility index (Phi) is 6.68. The minimum atomic E-state index is -0.118. The van der Waals surface area contributed by atoms with E-state index in [1.54, 1.807) is 11.3 Å². The molecule has 1 aromatic rings. The van der Waals surface area contributed by atoms with E-state index in [1.807, 2.05) is 6.92 Å². The maximum atomic E-state index is 11.4. The Labute approximate surface area is 132 Å². The second kappa shape index (κ2) is 8.52. The van der Waals surface area contributed by atoms with E-state index in [-0.39, 0.29) is 5.97 Å². The van der Waals surface area contributed by atoms with Crippen molar-refractivity contribution in [3.05, 3.63) is 16.1 Å². The second-order valence-corrected chi connectivity index (χ2v) is 6.88. The van der Waals surface area contributed by atoms with Crippen molar-refractivity contribution in [2.24, 2.45) is 5.92 Å². The van der Waals surface area contributed by atoms with Gasteiger partial charge in [-0.15, -0.1) is 11.3 Å². The molecule has 4 heteroatoms. The first kappa shape index (κ1) is 16.5. The molecule has 3 nitrogen and oxygen atoms in total. The zero-order valence-corrected chi connectivity index (χ0v) is 14.1. The summed E-state index contributed by atoms with van der Waals surface area (Å²) in [5, 5.41) is 3.40. The first-order valence-corrected chi connectivity index (χ1v) is 9.20. The van der Waals surface area contributed by atoms with Gasteiger partial charge in [-0.25, -0.2) is 4.98 Å². The molecule has 0 bridgehead atoms. The molecule has 0 atom stereocenters. The van der Waals surface area contributed by atoms with Gasteiger partial charge in [0.2, 0.25) is 0 Å². The number of carbonyl (C=O) groups excluding carboxylic acids is 1. The van der Waals surface area contributed by atoms with Gasteiger partial charge < -0.3 is 4.74 Å². The smallest absolute Gasteiger partial charge is 0.306 e. The van der Waals surface area contributed by atoms with Gasteiger partial charge in [0.15, 0.2) is 0 Å². The zero-order chi connectivity index (χ0) is 15.1. The van der Waals surface area contributed by atoms with E-state index in [2.05, 4.69) is 12.3 Å². The first-order chi connectivity index (χ1) is 10.2. The lowest BCUT2D eigenvalue weighted by atomic mass is 9.80. The van der Waals surface area contributed by atoms with Gasteiger partial charge in [0.25, 0.3) is 0 Å². The minimum absolute atomic E-state index is 0.118. The molecule has 1 saturated carbocycles. The van der Waals surface area contributed by atoms with Crippen LogP contribution in [0.5, 0.6) is 0 Å². The monoisotopic (exact) mass is 309 g/mol. The maximum Gasteiger partial charge on any atom is 0.306 e. The number of aryl methyl sites for hydroxylation is 1. The van der Waals surface area contributed by atoms with Crippen LogP contribution in [0.1, 0.15) is 75.4 Å². The predicted molar refractivity (Wildman–Crippen MR) is 86.7 cm³/mol. The lowest BCUT2D eigenvalue weighted by Crippen LogP contribution is -2.13. The molecular weight excluding hydrogens is 282 g/mol. The fraction of sp³-hybridized carbons (Fsp3) is 0.765. The Morgan fingerprint density at radius 2 is 2.10 bits per heavy atom. The predicted octanol–water partition coefficient (Wildman–Crippen LogP) is 4.71. The van der Waals surface area contributed by atoms with Crippen LogP contribution < -0.4 is 0 Å². The van der Waals surface area contributed by atoms with E-state index in [9.17, 15) is 4.79 Å². The average molecular weight is 309 g/mol. The summed E-state index contributed by atoms with van der Waals surface area (Å²) >= 11 is 1.77. The summed E-state index contributed by atoms with van der Waals surface area (Å²) < 4.78 is 4.96. The van der Waals surface area contributed by atoms with E-state index in [0.29, 0.717) is 25.4 Å². The van der Waals surface area contributed by atoms with Gasteiger partial charge in [-0.05, 0) is 38.5 Å². The molecule has 0 unspecified atom stereocenters. The van der Waals surface area contributed by atoms with E-state index in [4.69, 9.17) is 9.72 Å². The number of rotatable bonds is 7. The normalized spacial score (nSPS) is 22.2. The summed E-state index contributed by atoms with van der Waals surface area (Å²) in [6.07, 6.45) is 9.14. The standard InChI is InChI=1S/C17H27NO2S/c1-3-5-13-6-8-14(9-7-13)17-18-15(12-21-17)10-11-16(19)20-4-2/h12-14H,3-11H2,1-2H3. The van der Waals surface area contributed by atoms with Crippen LogP contribution in [0, 0.1) is 5.92 Å². The lowest BCUT2D eigenvalue weighted by Gasteiger charge is -2.26. The van der Waals surface area contributed by atoms with Crippen LogP contribution in [0.3, 0.4) is 0 Å². The van der Waals surface area contributed by atoms with E-state index >= 15 is 0 Å². The largest absolute Gasteiger partial charge is 0.466 e. The SMILES string of the molecule is CCCC1CCC(c2nc(CCC(=O)OCC)cs2)CC1. The molecule has 0 N–H and O–H groups in total.